The van der Waals surface area contributed by atoms with Gasteiger partial charge >= 0.3 is 0 Å². The van der Waals surface area contributed by atoms with Crippen molar-refractivity contribution in [3.05, 3.63) is 47.5 Å². The quantitative estimate of drug-likeness (QED) is 0.890. The summed E-state index contributed by atoms with van der Waals surface area (Å²) in [5.41, 5.74) is 1.37. The van der Waals surface area contributed by atoms with Crippen LogP contribution in [0.15, 0.2) is 24.7 Å². The van der Waals surface area contributed by atoms with E-state index in [0.717, 1.165) is 18.5 Å². The summed E-state index contributed by atoms with van der Waals surface area (Å²) in [6.45, 7) is 0.512. The topological polar surface area (TPSA) is 39.1 Å². The molecular formula is C15H17F2N3O. The van der Waals surface area contributed by atoms with E-state index >= 15 is 0 Å². The monoisotopic (exact) mass is 293 g/mol. The second kappa shape index (κ2) is 5.81. The Balaban J connectivity index is 1.74. The number of nitrogens with zero attached hydrogens (tertiary/aromatic N) is 2. The first-order valence-corrected chi connectivity index (χ1v) is 6.95. The fraction of sp³-hybridized carbons (Fsp3) is 0.400. The minimum atomic E-state index is -0.683. The highest BCUT2D eigenvalue weighted by molar-refractivity contribution is 5.31. The number of benzene rings is 1. The number of nitrogens with one attached hydrogen (secondary N) is 1. The Labute approximate surface area is 121 Å². The third-order valence-corrected chi connectivity index (χ3v) is 3.49. The fourth-order valence-corrected chi connectivity index (χ4v) is 2.33. The van der Waals surface area contributed by atoms with Gasteiger partial charge in [-0.2, -0.15) is 0 Å². The van der Waals surface area contributed by atoms with Crippen LogP contribution in [0, 0.1) is 11.6 Å². The molecule has 1 saturated carbocycles. The van der Waals surface area contributed by atoms with Crippen molar-refractivity contribution in [2.45, 2.75) is 32.0 Å². The molecular weight excluding hydrogens is 276 g/mol. The predicted molar refractivity (Wildman–Crippen MR) is 74.0 cm³/mol. The maximum Gasteiger partial charge on any atom is 0.191 e. The summed E-state index contributed by atoms with van der Waals surface area (Å²) in [5.74, 6) is -1.70. The van der Waals surface area contributed by atoms with Crippen LogP contribution in [-0.4, -0.2) is 16.6 Å². The molecule has 0 unspecified atom stereocenters. The standard InChI is InChI=1S/C15H17F2N3O/c1-18-6-10-4-13(16)15(14(17)5-10)21-8-12-7-19-9-20(12)11-2-3-11/h4-5,7,9,11,18H,2-3,6,8H2,1H3. The highest BCUT2D eigenvalue weighted by Crippen LogP contribution is 2.36. The highest BCUT2D eigenvalue weighted by atomic mass is 19.1. The molecule has 1 aromatic carbocycles. The number of imidazole rings is 1. The molecule has 1 N–H and O–H groups in total. The average Bonchev–Trinajstić information content (AvgIpc) is 3.18. The molecule has 0 radical (unpaired) electrons. The van der Waals surface area contributed by atoms with E-state index in [0.29, 0.717) is 18.2 Å². The van der Waals surface area contributed by atoms with Crippen LogP contribution in [0.3, 0.4) is 0 Å². The lowest BCUT2D eigenvalue weighted by Gasteiger charge is -2.11. The lowest BCUT2D eigenvalue weighted by Crippen LogP contribution is -2.08. The van der Waals surface area contributed by atoms with E-state index in [9.17, 15) is 8.78 Å². The Morgan fingerprint density at radius 2 is 2.05 bits per heavy atom. The summed E-state index contributed by atoms with van der Waals surface area (Å²) in [4.78, 5) is 4.07. The number of hydrogen-bond donors (Lipinski definition) is 1. The smallest absolute Gasteiger partial charge is 0.191 e. The fourth-order valence-electron chi connectivity index (χ4n) is 2.33. The normalized spacial score (nSPS) is 14.4. The van der Waals surface area contributed by atoms with E-state index in [1.165, 1.54) is 12.1 Å². The van der Waals surface area contributed by atoms with Crippen LogP contribution in [0.25, 0.3) is 0 Å². The molecule has 3 rings (SSSR count). The average molecular weight is 293 g/mol. The van der Waals surface area contributed by atoms with Crippen molar-refractivity contribution in [1.82, 2.24) is 14.9 Å². The summed E-state index contributed by atoms with van der Waals surface area (Å²) in [6.07, 6.45) is 5.64. The van der Waals surface area contributed by atoms with Gasteiger partial charge in [-0.3, -0.25) is 0 Å². The maximum absolute atomic E-state index is 13.9. The van der Waals surface area contributed by atoms with Crippen molar-refractivity contribution in [1.29, 1.82) is 0 Å². The van der Waals surface area contributed by atoms with Gasteiger partial charge in [0.15, 0.2) is 17.4 Å². The highest BCUT2D eigenvalue weighted by Gasteiger charge is 2.25. The Kier molecular flexibility index (Phi) is 3.88. The number of ether oxygens (including phenoxy) is 1. The van der Waals surface area contributed by atoms with E-state index in [4.69, 9.17) is 4.74 Å². The molecule has 1 aromatic heterocycles. The maximum atomic E-state index is 13.9. The second-order valence-corrected chi connectivity index (χ2v) is 5.23. The van der Waals surface area contributed by atoms with Gasteiger partial charge in [-0.1, -0.05) is 0 Å². The Morgan fingerprint density at radius 1 is 1.33 bits per heavy atom. The van der Waals surface area contributed by atoms with Crippen molar-refractivity contribution in [2.24, 2.45) is 0 Å². The molecule has 0 spiro atoms. The molecule has 1 aliphatic carbocycles. The van der Waals surface area contributed by atoms with E-state index in [1.807, 2.05) is 4.57 Å². The van der Waals surface area contributed by atoms with E-state index in [2.05, 4.69) is 10.3 Å². The number of aromatic nitrogens is 2. The van der Waals surface area contributed by atoms with E-state index in [-0.39, 0.29) is 12.4 Å². The number of halogens is 2. The molecule has 2 aromatic rings. The molecule has 1 fully saturated rings. The van der Waals surface area contributed by atoms with Crippen LogP contribution < -0.4 is 10.1 Å². The Morgan fingerprint density at radius 3 is 2.67 bits per heavy atom. The van der Waals surface area contributed by atoms with Gasteiger partial charge < -0.3 is 14.6 Å². The third-order valence-electron chi connectivity index (χ3n) is 3.49. The SMILES string of the molecule is CNCc1cc(F)c(OCc2cncn2C2CC2)c(F)c1. The van der Waals surface area contributed by atoms with Gasteiger partial charge in [-0.15, -0.1) is 0 Å². The molecule has 0 amide bonds. The molecule has 0 atom stereocenters. The van der Waals surface area contributed by atoms with Crippen molar-refractivity contribution in [3.8, 4) is 5.75 Å². The van der Waals surface area contributed by atoms with Crippen LogP contribution in [0.1, 0.15) is 30.1 Å². The van der Waals surface area contributed by atoms with Crippen molar-refractivity contribution in [2.75, 3.05) is 7.05 Å². The molecule has 4 nitrogen and oxygen atoms in total. The molecule has 1 aliphatic rings. The molecule has 0 saturated heterocycles. The summed E-state index contributed by atoms with van der Waals surface area (Å²) in [5, 5.41) is 2.85. The van der Waals surface area contributed by atoms with Crippen molar-refractivity contribution in [3.63, 3.8) is 0 Å². The van der Waals surface area contributed by atoms with Gasteiger partial charge in [0.1, 0.15) is 6.61 Å². The van der Waals surface area contributed by atoms with Crippen molar-refractivity contribution >= 4 is 0 Å². The minimum Gasteiger partial charge on any atom is -0.481 e. The molecule has 1 heterocycles. The van der Waals surface area contributed by atoms with Crippen LogP contribution >= 0.6 is 0 Å². The van der Waals surface area contributed by atoms with Gasteiger partial charge in [-0.25, -0.2) is 13.8 Å². The van der Waals surface area contributed by atoms with Crippen LogP contribution in [0.5, 0.6) is 5.75 Å². The number of hydrogen-bond acceptors (Lipinski definition) is 3. The van der Waals surface area contributed by atoms with Crippen LogP contribution in [0.4, 0.5) is 8.78 Å². The van der Waals surface area contributed by atoms with Gasteiger partial charge in [-0.05, 0) is 37.6 Å². The van der Waals surface area contributed by atoms with Gasteiger partial charge in [0.05, 0.1) is 18.2 Å². The lowest BCUT2D eigenvalue weighted by molar-refractivity contribution is 0.265. The molecule has 21 heavy (non-hydrogen) atoms. The van der Waals surface area contributed by atoms with Crippen molar-refractivity contribution < 1.29 is 13.5 Å². The molecule has 112 valence electrons. The zero-order valence-electron chi connectivity index (χ0n) is 11.8. The first-order valence-electron chi connectivity index (χ1n) is 6.95. The summed E-state index contributed by atoms with van der Waals surface area (Å²) < 4.78 is 35.2. The second-order valence-electron chi connectivity index (χ2n) is 5.23. The summed E-state index contributed by atoms with van der Waals surface area (Å²) >= 11 is 0. The zero-order chi connectivity index (χ0) is 14.8. The molecule has 0 bridgehead atoms. The molecule has 0 aliphatic heterocycles. The third kappa shape index (κ3) is 3.05. The summed E-state index contributed by atoms with van der Waals surface area (Å²) in [6, 6.07) is 3.03. The Hall–Kier alpha value is -1.95. The van der Waals surface area contributed by atoms with Crippen LogP contribution in [0.2, 0.25) is 0 Å². The predicted octanol–water partition coefficient (Wildman–Crippen LogP) is 2.79. The zero-order valence-corrected chi connectivity index (χ0v) is 11.8. The van der Waals surface area contributed by atoms with Gasteiger partial charge in [0.25, 0.3) is 0 Å². The Bertz CT molecular complexity index is 615. The van der Waals surface area contributed by atoms with Crippen LogP contribution in [-0.2, 0) is 13.2 Å². The lowest BCUT2D eigenvalue weighted by atomic mass is 10.2. The molecule has 6 heteroatoms. The summed E-state index contributed by atoms with van der Waals surface area (Å²) in [7, 11) is 1.72. The first kappa shape index (κ1) is 14.0. The van der Waals surface area contributed by atoms with Gasteiger partial charge in [0.2, 0.25) is 0 Å². The first-order chi connectivity index (χ1) is 10.2. The minimum absolute atomic E-state index is 0.107. The largest absolute Gasteiger partial charge is 0.481 e. The van der Waals surface area contributed by atoms with Gasteiger partial charge in [0, 0.05) is 12.6 Å². The number of rotatable bonds is 6. The van der Waals surface area contributed by atoms with E-state index < -0.39 is 11.6 Å². The van der Waals surface area contributed by atoms with E-state index in [1.54, 1.807) is 19.6 Å².